The van der Waals surface area contributed by atoms with E-state index in [2.05, 4.69) is 0 Å². The number of Topliss-reactive ketones (excluding diaryl/α,β-unsaturated/α-hetero) is 1. The third kappa shape index (κ3) is 2.51. The molecule has 0 spiro atoms. The summed E-state index contributed by atoms with van der Waals surface area (Å²) in [6, 6.07) is 2.02. The Kier molecular flexibility index (Phi) is 3.54. The number of rotatable bonds is 4. The normalized spacial score (nSPS) is 19.8. The molecule has 0 aromatic rings. The molecule has 88 valence electrons. The summed E-state index contributed by atoms with van der Waals surface area (Å²) in [4.78, 5) is 12.1. The molecule has 0 bridgehead atoms. The van der Waals surface area contributed by atoms with Crippen LogP contribution in [0.1, 0.15) is 34.1 Å². The highest BCUT2D eigenvalue weighted by atomic mass is 16.5. The zero-order valence-corrected chi connectivity index (χ0v) is 10.5. The van der Waals surface area contributed by atoms with Gasteiger partial charge in [-0.3, -0.25) is 4.79 Å². The maximum absolute atomic E-state index is 12.1. The van der Waals surface area contributed by atoms with E-state index in [0.29, 0.717) is 13.2 Å². The van der Waals surface area contributed by atoms with Gasteiger partial charge in [0.2, 0.25) is 0 Å². The van der Waals surface area contributed by atoms with Crippen molar-refractivity contribution in [2.45, 2.75) is 34.1 Å². The smallest absolute Gasteiger partial charge is 0.178 e. The molecule has 0 saturated carbocycles. The number of carbonyl (C=O) groups excluding carboxylic acids is 1. The molecule has 1 fully saturated rings. The molecular formula is C13H19NO2. The fraction of sp³-hybridized carbons (Fsp3) is 0.692. The molecule has 1 rings (SSSR count). The zero-order chi connectivity index (χ0) is 12.4. The number of carbonyl (C=O) groups is 1. The first-order valence-electron chi connectivity index (χ1n) is 5.60. The van der Waals surface area contributed by atoms with Gasteiger partial charge in [0.15, 0.2) is 5.78 Å². The first-order chi connectivity index (χ1) is 7.34. The molecular weight excluding hydrogens is 202 g/mol. The monoisotopic (exact) mass is 221 g/mol. The van der Waals surface area contributed by atoms with E-state index in [0.717, 1.165) is 6.42 Å². The number of nitriles is 1. The van der Waals surface area contributed by atoms with Gasteiger partial charge in [-0.15, -0.1) is 0 Å². The Bertz CT molecular complexity index is 357. The molecule has 1 heterocycles. The Labute approximate surface area is 97.1 Å². The highest BCUT2D eigenvalue weighted by Crippen LogP contribution is 2.32. The van der Waals surface area contributed by atoms with Gasteiger partial charge < -0.3 is 4.74 Å². The number of hydrogen-bond donors (Lipinski definition) is 0. The molecule has 0 N–H and O–H groups in total. The lowest BCUT2D eigenvalue weighted by Gasteiger charge is -2.35. The molecule has 1 aliphatic rings. The van der Waals surface area contributed by atoms with Crippen LogP contribution in [-0.4, -0.2) is 19.0 Å². The summed E-state index contributed by atoms with van der Waals surface area (Å²) in [7, 11) is 0. The minimum Gasteiger partial charge on any atom is -0.379 e. The predicted molar refractivity (Wildman–Crippen MR) is 61.7 cm³/mol. The summed E-state index contributed by atoms with van der Waals surface area (Å²) in [6.07, 6.45) is 2.51. The Hall–Kier alpha value is -1.14. The van der Waals surface area contributed by atoms with Crippen LogP contribution in [0.4, 0.5) is 0 Å². The van der Waals surface area contributed by atoms with Crippen molar-refractivity contribution in [1.29, 1.82) is 5.26 Å². The van der Waals surface area contributed by atoms with Crippen molar-refractivity contribution in [1.82, 2.24) is 0 Å². The van der Waals surface area contributed by atoms with Crippen LogP contribution in [0.15, 0.2) is 11.6 Å². The summed E-state index contributed by atoms with van der Waals surface area (Å²) < 4.78 is 5.11. The van der Waals surface area contributed by atoms with Gasteiger partial charge in [0.1, 0.15) is 6.07 Å². The first-order valence-corrected chi connectivity index (χ1v) is 5.60. The second-order valence-electron chi connectivity index (χ2n) is 5.38. The van der Waals surface area contributed by atoms with Gasteiger partial charge in [0.25, 0.3) is 0 Å². The van der Waals surface area contributed by atoms with E-state index in [-0.39, 0.29) is 16.8 Å². The van der Waals surface area contributed by atoms with Gasteiger partial charge >= 0.3 is 0 Å². The minimum absolute atomic E-state index is 0.0642. The molecule has 0 aromatic heterocycles. The van der Waals surface area contributed by atoms with Crippen LogP contribution in [0.3, 0.4) is 0 Å². The average molecular weight is 221 g/mol. The van der Waals surface area contributed by atoms with E-state index in [1.165, 1.54) is 0 Å². The molecule has 0 radical (unpaired) electrons. The van der Waals surface area contributed by atoms with Crippen LogP contribution in [0.5, 0.6) is 0 Å². The van der Waals surface area contributed by atoms with Gasteiger partial charge in [-0.2, -0.15) is 5.26 Å². The van der Waals surface area contributed by atoms with E-state index >= 15 is 0 Å². The van der Waals surface area contributed by atoms with Crippen molar-refractivity contribution in [2.75, 3.05) is 13.2 Å². The Morgan fingerprint density at radius 2 is 2.12 bits per heavy atom. The molecule has 1 saturated heterocycles. The molecule has 1 aliphatic heterocycles. The number of nitrogens with zero attached hydrogens (tertiary/aromatic N) is 1. The maximum atomic E-state index is 12.1. The molecule has 3 heteroatoms. The molecule has 0 unspecified atom stereocenters. The van der Waals surface area contributed by atoms with Crippen LogP contribution >= 0.6 is 0 Å². The minimum atomic E-state index is -0.456. The molecule has 0 aliphatic carbocycles. The molecule has 3 nitrogen and oxygen atoms in total. The van der Waals surface area contributed by atoms with E-state index in [4.69, 9.17) is 10.00 Å². The highest BCUT2D eigenvalue weighted by molar-refractivity contribution is 6.02. The third-order valence-electron chi connectivity index (χ3n) is 3.22. The topological polar surface area (TPSA) is 50.1 Å². The summed E-state index contributed by atoms with van der Waals surface area (Å²) in [5.41, 5.74) is -0.315. The van der Waals surface area contributed by atoms with E-state index in [9.17, 15) is 4.79 Å². The van der Waals surface area contributed by atoms with Crippen LogP contribution in [0.25, 0.3) is 0 Å². The maximum Gasteiger partial charge on any atom is 0.178 e. The first kappa shape index (κ1) is 12.9. The van der Waals surface area contributed by atoms with Crippen molar-refractivity contribution in [3.05, 3.63) is 11.6 Å². The highest BCUT2D eigenvalue weighted by Gasteiger charge is 2.35. The van der Waals surface area contributed by atoms with Crippen LogP contribution in [0.2, 0.25) is 0 Å². The SMILES string of the molecule is CCC(C)(C)C(=O)/C(C#N)=C/C1(C)COC1. The van der Waals surface area contributed by atoms with Gasteiger partial charge in [-0.05, 0) is 6.42 Å². The molecule has 16 heavy (non-hydrogen) atoms. The van der Waals surface area contributed by atoms with Gasteiger partial charge in [0, 0.05) is 10.8 Å². The lowest BCUT2D eigenvalue weighted by atomic mass is 9.78. The van der Waals surface area contributed by atoms with E-state index < -0.39 is 5.41 Å². The quantitative estimate of drug-likeness (QED) is 0.541. The number of allylic oxidation sites excluding steroid dienone is 1. The summed E-state index contributed by atoms with van der Waals surface area (Å²) in [5, 5.41) is 9.06. The number of hydrogen-bond acceptors (Lipinski definition) is 3. The van der Waals surface area contributed by atoms with Crippen molar-refractivity contribution in [3.63, 3.8) is 0 Å². The van der Waals surface area contributed by atoms with Crippen LogP contribution in [-0.2, 0) is 9.53 Å². The number of ether oxygens (including phenoxy) is 1. The predicted octanol–water partition coefficient (Wildman–Crippen LogP) is 2.48. The summed E-state index contributed by atoms with van der Waals surface area (Å²) >= 11 is 0. The third-order valence-corrected chi connectivity index (χ3v) is 3.22. The Morgan fingerprint density at radius 3 is 2.44 bits per heavy atom. The fourth-order valence-electron chi connectivity index (χ4n) is 1.53. The summed E-state index contributed by atoms with van der Waals surface area (Å²) in [6.45, 7) is 8.90. The second-order valence-corrected chi connectivity index (χ2v) is 5.38. The molecule has 0 aromatic carbocycles. The van der Waals surface area contributed by atoms with E-state index in [1.54, 1.807) is 6.08 Å². The van der Waals surface area contributed by atoms with Gasteiger partial charge in [-0.1, -0.05) is 33.8 Å². The molecule has 0 amide bonds. The van der Waals surface area contributed by atoms with Crippen molar-refractivity contribution < 1.29 is 9.53 Å². The van der Waals surface area contributed by atoms with Crippen molar-refractivity contribution in [3.8, 4) is 6.07 Å². The van der Waals surface area contributed by atoms with Crippen molar-refractivity contribution >= 4 is 5.78 Å². The zero-order valence-electron chi connectivity index (χ0n) is 10.5. The Balaban J connectivity index is 2.92. The standard InChI is InChI=1S/C13H19NO2/c1-5-12(2,3)11(15)10(7-14)6-13(4)8-16-9-13/h6H,5,8-9H2,1-4H3/b10-6+. The van der Waals surface area contributed by atoms with Crippen molar-refractivity contribution in [2.24, 2.45) is 10.8 Å². The van der Waals surface area contributed by atoms with E-state index in [1.807, 2.05) is 33.8 Å². The summed E-state index contributed by atoms with van der Waals surface area (Å²) in [5.74, 6) is -0.0642. The average Bonchev–Trinajstić information content (AvgIpc) is 2.22. The second kappa shape index (κ2) is 4.39. The lowest BCUT2D eigenvalue weighted by molar-refractivity contribution is -0.123. The van der Waals surface area contributed by atoms with Gasteiger partial charge in [0.05, 0.1) is 18.8 Å². The largest absolute Gasteiger partial charge is 0.379 e. The van der Waals surface area contributed by atoms with Gasteiger partial charge in [-0.25, -0.2) is 0 Å². The molecule has 0 atom stereocenters. The van der Waals surface area contributed by atoms with Crippen LogP contribution in [0, 0.1) is 22.2 Å². The van der Waals surface area contributed by atoms with Crippen LogP contribution < -0.4 is 0 Å². The number of ketones is 1. The Morgan fingerprint density at radius 1 is 1.56 bits per heavy atom. The lowest BCUT2D eigenvalue weighted by Crippen LogP contribution is -2.39. The fourth-order valence-corrected chi connectivity index (χ4v) is 1.53.